The van der Waals surface area contributed by atoms with Crippen LogP contribution in [0.1, 0.15) is 0 Å². The van der Waals surface area contributed by atoms with Crippen molar-refractivity contribution in [3.8, 4) is 0 Å². The summed E-state index contributed by atoms with van der Waals surface area (Å²) >= 11 is 0. The van der Waals surface area contributed by atoms with Gasteiger partial charge in [0.15, 0.2) is 0 Å². The Hall–Kier alpha value is -0.440. The van der Waals surface area contributed by atoms with Crippen molar-refractivity contribution in [1.29, 1.82) is 0 Å². The first kappa shape index (κ1) is 19.9. The maximum absolute atomic E-state index is 10.3. The SMILES string of the molecule is COCC1(OCC2(O)OC(CO)C(O)C2O)OC(CO)C(O)C1O. The highest BCUT2D eigenvalue weighted by atomic mass is 16.8. The van der Waals surface area contributed by atoms with E-state index in [2.05, 4.69) is 0 Å². The van der Waals surface area contributed by atoms with Gasteiger partial charge in [-0.3, -0.25) is 0 Å². The zero-order chi connectivity index (χ0) is 18.1. The Morgan fingerprint density at radius 2 is 1.42 bits per heavy atom. The molecule has 24 heavy (non-hydrogen) atoms. The molecule has 0 aromatic heterocycles. The summed E-state index contributed by atoms with van der Waals surface area (Å²) in [4.78, 5) is 0. The lowest BCUT2D eigenvalue weighted by Crippen LogP contribution is -2.54. The van der Waals surface area contributed by atoms with Crippen molar-refractivity contribution in [2.24, 2.45) is 0 Å². The molecule has 0 bridgehead atoms. The number of aliphatic hydroxyl groups excluding tert-OH is 6. The second kappa shape index (κ2) is 7.43. The van der Waals surface area contributed by atoms with E-state index in [1.54, 1.807) is 0 Å². The number of rotatable bonds is 7. The molecule has 0 radical (unpaired) electrons. The largest absolute Gasteiger partial charge is 0.394 e. The Balaban J connectivity index is 2.12. The molecule has 0 aromatic carbocycles. The van der Waals surface area contributed by atoms with Crippen LogP contribution in [0.25, 0.3) is 0 Å². The van der Waals surface area contributed by atoms with Crippen LogP contribution in [0.15, 0.2) is 0 Å². The lowest BCUT2D eigenvalue weighted by molar-refractivity contribution is -0.330. The van der Waals surface area contributed by atoms with E-state index in [0.29, 0.717) is 0 Å². The summed E-state index contributed by atoms with van der Waals surface area (Å²) in [7, 11) is 1.28. The van der Waals surface area contributed by atoms with Crippen molar-refractivity contribution in [2.75, 3.05) is 33.5 Å². The highest BCUT2D eigenvalue weighted by Crippen LogP contribution is 2.36. The number of ether oxygens (including phenoxy) is 4. The molecule has 0 aromatic rings. The summed E-state index contributed by atoms with van der Waals surface area (Å²) in [6.07, 6.45) is -8.79. The first-order chi connectivity index (χ1) is 11.2. The van der Waals surface area contributed by atoms with Gasteiger partial charge in [0.25, 0.3) is 0 Å². The van der Waals surface area contributed by atoms with Gasteiger partial charge in [-0.1, -0.05) is 0 Å². The van der Waals surface area contributed by atoms with Gasteiger partial charge in [-0.05, 0) is 0 Å². The summed E-state index contributed by atoms with van der Waals surface area (Å²) in [6.45, 7) is -2.37. The molecule has 2 saturated heterocycles. The number of methoxy groups -OCH3 is 1. The average molecular weight is 356 g/mol. The van der Waals surface area contributed by atoms with Crippen LogP contribution in [-0.2, 0) is 18.9 Å². The Morgan fingerprint density at radius 3 is 1.88 bits per heavy atom. The van der Waals surface area contributed by atoms with E-state index in [-0.39, 0.29) is 6.61 Å². The van der Waals surface area contributed by atoms with Crippen LogP contribution < -0.4 is 0 Å². The zero-order valence-corrected chi connectivity index (χ0v) is 13.1. The third-order valence-corrected chi connectivity index (χ3v) is 4.26. The van der Waals surface area contributed by atoms with Gasteiger partial charge in [0.05, 0.1) is 13.2 Å². The normalized spacial score (nSPS) is 49.0. The minimum Gasteiger partial charge on any atom is -0.394 e. The molecule has 0 saturated carbocycles. The molecule has 142 valence electrons. The molecular weight excluding hydrogens is 332 g/mol. The van der Waals surface area contributed by atoms with Crippen molar-refractivity contribution in [3.63, 3.8) is 0 Å². The van der Waals surface area contributed by atoms with Crippen LogP contribution >= 0.6 is 0 Å². The Labute approximate surface area is 137 Å². The fourth-order valence-corrected chi connectivity index (χ4v) is 2.85. The van der Waals surface area contributed by atoms with Crippen LogP contribution in [0.2, 0.25) is 0 Å². The lowest BCUT2D eigenvalue weighted by atomic mass is 10.0. The molecule has 0 spiro atoms. The van der Waals surface area contributed by atoms with Crippen LogP contribution in [0, 0.1) is 0 Å². The third-order valence-electron chi connectivity index (χ3n) is 4.26. The van der Waals surface area contributed by atoms with Gasteiger partial charge in [-0.15, -0.1) is 0 Å². The molecule has 2 aliphatic heterocycles. The molecule has 0 amide bonds. The van der Waals surface area contributed by atoms with Crippen molar-refractivity contribution in [2.45, 2.75) is 48.2 Å². The second-order valence-electron chi connectivity index (χ2n) is 5.93. The summed E-state index contributed by atoms with van der Waals surface area (Å²) < 4.78 is 20.6. The van der Waals surface area contributed by atoms with Crippen LogP contribution in [-0.4, -0.2) is 117 Å². The minimum atomic E-state index is -2.38. The highest BCUT2D eigenvalue weighted by Gasteiger charge is 2.59. The Morgan fingerprint density at radius 1 is 0.875 bits per heavy atom. The quantitative estimate of drug-likeness (QED) is 0.233. The fraction of sp³-hybridized carbons (Fsp3) is 1.00. The van der Waals surface area contributed by atoms with E-state index in [0.717, 1.165) is 0 Å². The molecule has 8 atom stereocenters. The molecule has 11 heteroatoms. The molecule has 2 heterocycles. The van der Waals surface area contributed by atoms with Gasteiger partial charge in [0.2, 0.25) is 11.6 Å². The Bertz CT molecular complexity index is 423. The Kier molecular flexibility index (Phi) is 6.16. The van der Waals surface area contributed by atoms with Crippen LogP contribution in [0.4, 0.5) is 0 Å². The van der Waals surface area contributed by atoms with Gasteiger partial charge in [0.1, 0.15) is 49.8 Å². The van der Waals surface area contributed by atoms with E-state index in [9.17, 15) is 25.5 Å². The number of aliphatic hydroxyl groups is 7. The maximum atomic E-state index is 10.3. The molecule has 7 N–H and O–H groups in total. The highest BCUT2D eigenvalue weighted by molar-refractivity contribution is 4.99. The molecule has 2 fully saturated rings. The van der Waals surface area contributed by atoms with E-state index in [1.165, 1.54) is 7.11 Å². The molecule has 11 nitrogen and oxygen atoms in total. The van der Waals surface area contributed by atoms with Gasteiger partial charge >= 0.3 is 0 Å². The molecule has 2 aliphatic rings. The van der Waals surface area contributed by atoms with Gasteiger partial charge in [-0.25, -0.2) is 0 Å². The molecule has 8 unspecified atom stereocenters. The fourth-order valence-electron chi connectivity index (χ4n) is 2.85. The molecule has 0 aliphatic carbocycles. The second-order valence-corrected chi connectivity index (χ2v) is 5.93. The molecular formula is C13H24O11. The summed E-state index contributed by atoms with van der Waals surface area (Å²) in [5, 5.41) is 68.1. The first-order valence-electron chi connectivity index (χ1n) is 7.39. The van der Waals surface area contributed by atoms with Crippen molar-refractivity contribution < 1.29 is 54.7 Å². The van der Waals surface area contributed by atoms with Crippen molar-refractivity contribution in [3.05, 3.63) is 0 Å². The number of hydrogen-bond acceptors (Lipinski definition) is 11. The first-order valence-corrected chi connectivity index (χ1v) is 7.39. The van der Waals surface area contributed by atoms with E-state index >= 15 is 0 Å². The summed E-state index contributed by atoms with van der Waals surface area (Å²) in [6, 6.07) is 0. The minimum absolute atomic E-state index is 0.361. The topological polar surface area (TPSA) is 179 Å². The van der Waals surface area contributed by atoms with E-state index in [4.69, 9.17) is 29.2 Å². The van der Waals surface area contributed by atoms with Crippen molar-refractivity contribution >= 4 is 0 Å². The number of hydrogen-bond donors (Lipinski definition) is 7. The third kappa shape index (κ3) is 3.30. The van der Waals surface area contributed by atoms with Gasteiger partial charge < -0.3 is 54.7 Å². The van der Waals surface area contributed by atoms with E-state index in [1.807, 2.05) is 0 Å². The standard InChI is InChI=1S/C13H24O11/c1-21-5-13(11(19)9(17)7(3-15)24-13)22-4-12(20)10(18)8(16)6(2-14)23-12/h6-11,14-20H,2-5H2,1H3. The maximum Gasteiger partial charge on any atom is 0.222 e. The predicted octanol–water partition coefficient (Wildman–Crippen LogP) is -4.74. The smallest absolute Gasteiger partial charge is 0.222 e. The monoisotopic (exact) mass is 356 g/mol. The average Bonchev–Trinajstić information content (AvgIpc) is 2.94. The van der Waals surface area contributed by atoms with Gasteiger partial charge in [0, 0.05) is 7.11 Å². The molecule has 2 rings (SSSR count). The zero-order valence-electron chi connectivity index (χ0n) is 13.1. The van der Waals surface area contributed by atoms with E-state index < -0.39 is 68.0 Å². The lowest BCUT2D eigenvalue weighted by Gasteiger charge is -2.35. The predicted molar refractivity (Wildman–Crippen MR) is 73.5 cm³/mol. The van der Waals surface area contributed by atoms with Crippen molar-refractivity contribution in [1.82, 2.24) is 0 Å². The summed E-state index contributed by atoms with van der Waals surface area (Å²) in [5.74, 6) is -4.30. The van der Waals surface area contributed by atoms with Crippen LogP contribution in [0.3, 0.4) is 0 Å². The van der Waals surface area contributed by atoms with Gasteiger partial charge in [-0.2, -0.15) is 0 Å². The summed E-state index contributed by atoms with van der Waals surface area (Å²) in [5.41, 5.74) is 0. The van der Waals surface area contributed by atoms with Crippen LogP contribution in [0.5, 0.6) is 0 Å².